The summed E-state index contributed by atoms with van der Waals surface area (Å²) in [5, 5.41) is 0. The molecule has 0 radical (unpaired) electrons. The first-order valence-corrected chi connectivity index (χ1v) is 9.32. The first kappa shape index (κ1) is 17.3. The summed E-state index contributed by atoms with van der Waals surface area (Å²) in [7, 11) is 0. The van der Waals surface area contributed by atoms with Gasteiger partial charge in [0, 0.05) is 18.7 Å². The molecule has 0 atom stereocenters. The molecule has 2 aromatic rings. The maximum Gasteiger partial charge on any atom is 0.182 e. The van der Waals surface area contributed by atoms with Crippen LogP contribution in [0.3, 0.4) is 0 Å². The van der Waals surface area contributed by atoms with E-state index in [1.54, 1.807) is 0 Å². The number of benzene rings is 2. The highest BCUT2D eigenvalue weighted by Crippen LogP contribution is 2.34. The summed E-state index contributed by atoms with van der Waals surface area (Å²) < 4.78 is 11.5. The van der Waals surface area contributed by atoms with Crippen LogP contribution in [0.2, 0.25) is 0 Å². The molecular weight excluding hydrogens is 326 g/mol. The van der Waals surface area contributed by atoms with Gasteiger partial charge in [-0.3, -0.25) is 9.69 Å². The third kappa shape index (κ3) is 3.15. The zero-order chi connectivity index (χ0) is 18.1. The summed E-state index contributed by atoms with van der Waals surface area (Å²) in [4.78, 5) is 15.5. The van der Waals surface area contributed by atoms with E-state index in [-0.39, 0.29) is 5.78 Å². The number of Topliss-reactive ketones (excluding diaryl/α,β-unsaturated/α-hetero) is 1. The quantitative estimate of drug-likeness (QED) is 0.787. The normalized spacial score (nSPS) is 17.6. The van der Waals surface area contributed by atoms with Crippen molar-refractivity contribution < 1.29 is 14.3 Å². The number of para-hydroxylation sites is 1. The fraction of sp³-hybridized carbons (Fsp3) is 0.409. The second kappa shape index (κ2) is 6.86. The lowest BCUT2D eigenvalue weighted by atomic mass is 9.89. The fourth-order valence-electron chi connectivity index (χ4n) is 3.83. The van der Waals surface area contributed by atoms with Gasteiger partial charge in [-0.15, -0.1) is 0 Å². The van der Waals surface area contributed by atoms with Gasteiger partial charge in [-0.1, -0.05) is 18.2 Å². The molecule has 0 aromatic heterocycles. The largest absolute Gasteiger partial charge is 0.457 e. The predicted octanol–water partition coefficient (Wildman–Crippen LogP) is 3.87. The van der Waals surface area contributed by atoms with E-state index in [4.69, 9.17) is 9.47 Å². The highest BCUT2D eigenvalue weighted by Gasteiger charge is 2.36. The van der Waals surface area contributed by atoms with Crippen LogP contribution in [0.15, 0.2) is 42.5 Å². The molecule has 26 heavy (non-hydrogen) atoms. The monoisotopic (exact) mass is 351 g/mol. The Morgan fingerprint density at radius 2 is 1.65 bits per heavy atom. The Morgan fingerprint density at radius 3 is 2.46 bits per heavy atom. The van der Waals surface area contributed by atoms with Crippen LogP contribution in [-0.4, -0.2) is 42.5 Å². The third-order valence-electron chi connectivity index (χ3n) is 5.54. The van der Waals surface area contributed by atoms with E-state index >= 15 is 0 Å². The molecule has 0 saturated carbocycles. The van der Waals surface area contributed by atoms with Gasteiger partial charge in [0.2, 0.25) is 0 Å². The van der Waals surface area contributed by atoms with Crippen LogP contribution < -0.4 is 4.74 Å². The number of ether oxygens (including phenoxy) is 2. The molecule has 136 valence electrons. The van der Waals surface area contributed by atoms with Crippen LogP contribution in [-0.2, 0) is 17.6 Å². The van der Waals surface area contributed by atoms with Crippen LogP contribution in [0.1, 0.15) is 35.3 Å². The number of nitrogens with zero attached hydrogens (tertiary/aromatic N) is 1. The van der Waals surface area contributed by atoms with Gasteiger partial charge < -0.3 is 9.47 Å². The van der Waals surface area contributed by atoms with Crippen LogP contribution in [0.4, 0.5) is 0 Å². The first-order chi connectivity index (χ1) is 12.6. The van der Waals surface area contributed by atoms with Crippen molar-refractivity contribution in [3.63, 3.8) is 0 Å². The molecular formula is C22H25NO3. The Bertz CT molecular complexity index is 822. The van der Waals surface area contributed by atoms with E-state index in [9.17, 15) is 4.79 Å². The van der Waals surface area contributed by atoms with Crippen molar-refractivity contribution in [1.82, 2.24) is 4.90 Å². The maximum atomic E-state index is 13.2. The average Bonchev–Trinajstić information content (AvgIpc) is 2.86. The Balaban J connectivity index is 1.60. The van der Waals surface area contributed by atoms with Crippen molar-refractivity contribution in [3.05, 3.63) is 59.2 Å². The number of carbonyl (C=O) groups excluding carboxylic acids is 1. The molecule has 0 bridgehead atoms. The molecule has 2 aliphatic heterocycles. The van der Waals surface area contributed by atoms with Crippen LogP contribution >= 0.6 is 0 Å². The molecule has 0 unspecified atom stereocenters. The second-order valence-corrected chi connectivity index (χ2v) is 7.52. The first-order valence-electron chi connectivity index (χ1n) is 9.32. The number of carbonyl (C=O) groups is 1. The minimum atomic E-state index is -0.535. The topological polar surface area (TPSA) is 38.8 Å². The Labute approximate surface area is 154 Å². The second-order valence-electron chi connectivity index (χ2n) is 7.52. The van der Waals surface area contributed by atoms with Gasteiger partial charge in [0.1, 0.15) is 11.5 Å². The molecule has 4 nitrogen and oxygen atoms in total. The van der Waals surface area contributed by atoms with Gasteiger partial charge in [0.25, 0.3) is 0 Å². The lowest BCUT2D eigenvalue weighted by Crippen LogP contribution is -2.54. The van der Waals surface area contributed by atoms with Crippen LogP contribution in [0.25, 0.3) is 0 Å². The average molecular weight is 351 g/mol. The van der Waals surface area contributed by atoms with Crippen molar-refractivity contribution in [2.24, 2.45) is 0 Å². The van der Waals surface area contributed by atoms with Crippen LogP contribution in [0.5, 0.6) is 11.5 Å². The number of morpholine rings is 1. The van der Waals surface area contributed by atoms with E-state index < -0.39 is 5.54 Å². The summed E-state index contributed by atoms with van der Waals surface area (Å²) >= 11 is 0. The van der Waals surface area contributed by atoms with Crippen molar-refractivity contribution in [2.45, 2.75) is 32.2 Å². The predicted molar refractivity (Wildman–Crippen MR) is 101 cm³/mol. The zero-order valence-corrected chi connectivity index (χ0v) is 15.5. The minimum absolute atomic E-state index is 0.156. The number of hydrogen-bond donors (Lipinski definition) is 0. The molecule has 2 heterocycles. The van der Waals surface area contributed by atoms with E-state index in [0.717, 1.165) is 48.6 Å². The molecule has 4 rings (SSSR count). The summed E-state index contributed by atoms with van der Waals surface area (Å²) in [6.07, 6.45) is 1.80. The molecule has 0 aliphatic carbocycles. The van der Waals surface area contributed by atoms with Crippen LogP contribution in [0, 0.1) is 0 Å². The third-order valence-corrected chi connectivity index (χ3v) is 5.54. The molecule has 0 N–H and O–H groups in total. The minimum Gasteiger partial charge on any atom is -0.457 e. The van der Waals surface area contributed by atoms with E-state index in [1.165, 1.54) is 5.56 Å². The van der Waals surface area contributed by atoms with Crippen molar-refractivity contribution in [1.29, 1.82) is 0 Å². The Kier molecular flexibility index (Phi) is 4.55. The lowest BCUT2D eigenvalue weighted by Gasteiger charge is -2.39. The van der Waals surface area contributed by atoms with Gasteiger partial charge in [0.05, 0.1) is 18.8 Å². The van der Waals surface area contributed by atoms with Gasteiger partial charge >= 0.3 is 0 Å². The molecule has 1 saturated heterocycles. The number of rotatable bonds is 3. The van der Waals surface area contributed by atoms with Gasteiger partial charge in [-0.05, 0) is 62.1 Å². The van der Waals surface area contributed by atoms with E-state index in [0.29, 0.717) is 13.2 Å². The molecule has 0 spiro atoms. The van der Waals surface area contributed by atoms with Crippen molar-refractivity contribution in [3.8, 4) is 11.5 Å². The Hall–Kier alpha value is -2.17. The maximum absolute atomic E-state index is 13.2. The van der Waals surface area contributed by atoms with E-state index in [2.05, 4.69) is 11.0 Å². The Morgan fingerprint density at radius 1 is 0.962 bits per heavy atom. The summed E-state index contributed by atoms with van der Waals surface area (Å²) in [6, 6.07) is 14.0. The molecule has 2 aromatic carbocycles. The van der Waals surface area contributed by atoms with Crippen molar-refractivity contribution in [2.75, 3.05) is 26.3 Å². The SMILES string of the molecule is CC(C)(C(=O)c1ccc2c(c1)CCc1ccccc1O2)N1CCOCC1. The number of aryl methyl sites for hydroxylation is 2. The molecule has 2 aliphatic rings. The van der Waals surface area contributed by atoms with Crippen molar-refractivity contribution >= 4 is 5.78 Å². The zero-order valence-electron chi connectivity index (χ0n) is 15.5. The smallest absolute Gasteiger partial charge is 0.182 e. The summed E-state index contributed by atoms with van der Waals surface area (Å²) in [6.45, 7) is 6.99. The highest BCUT2D eigenvalue weighted by molar-refractivity contribution is 6.03. The number of hydrogen-bond acceptors (Lipinski definition) is 4. The number of fused-ring (bicyclic) bond motifs is 2. The number of ketones is 1. The summed E-state index contributed by atoms with van der Waals surface area (Å²) in [5.41, 5.74) is 2.54. The molecule has 4 heteroatoms. The van der Waals surface area contributed by atoms with E-state index in [1.807, 2.05) is 50.2 Å². The van der Waals surface area contributed by atoms with Gasteiger partial charge in [0.15, 0.2) is 5.78 Å². The molecule has 0 amide bonds. The lowest BCUT2D eigenvalue weighted by molar-refractivity contribution is -0.00430. The fourth-order valence-corrected chi connectivity index (χ4v) is 3.83. The summed E-state index contributed by atoms with van der Waals surface area (Å²) in [5.74, 6) is 1.93. The van der Waals surface area contributed by atoms with Gasteiger partial charge in [-0.25, -0.2) is 0 Å². The highest BCUT2D eigenvalue weighted by atomic mass is 16.5. The standard InChI is InChI=1S/C22H25NO3/c1-22(2,23-11-13-25-14-12-23)21(24)18-9-10-20-17(15-18)8-7-16-5-3-4-6-19(16)26-20/h3-6,9-10,15H,7-8,11-14H2,1-2H3. The van der Waals surface area contributed by atoms with Gasteiger partial charge in [-0.2, -0.15) is 0 Å². The molecule has 1 fully saturated rings.